The van der Waals surface area contributed by atoms with Crippen molar-refractivity contribution in [2.24, 2.45) is 17.6 Å². The van der Waals surface area contributed by atoms with Crippen LogP contribution in [0.2, 0.25) is 0 Å². The highest BCUT2D eigenvalue weighted by atomic mass is 16.1. The molecule has 1 unspecified atom stereocenters. The Hall–Kier alpha value is -1.35. The van der Waals surface area contributed by atoms with Crippen molar-refractivity contribution in [3.8, 4) is 0 Å². The molecule has 2 aliphatic carbocycles. The molecular formula is C18H26N2O. The Morgan fingerprint density at radius 1 is 1.14 bits per heavy atom. The normalized spacial score (nSPS) is 28.7. The van der Waals surface area contributed by atoms with Gasteiger partial charge in [0.25, 0.3) is 0 Å². The SMILES string of the molecule is NCC1CCC(C(=O)NC2CCCc3ccccc32)CC1. The topological polar surface area (TPSA) is 55.1 Å². The molecule has 21 heavy (non-hydrogen) atoms. The number of benzene rings is 1. The van der Waals surface area contributed by atoms with E-state index in [1.807, 2.05) is 0 Å². The van der Waals surface area contributed by atoms with E-state index in [0.29, 0.717) is 5.92 Å². The van der Waals surface area contributed by atoms with E-state index in [-0.39, 0.29) is 17.9 Å². The molecule has 1 aromatic rings. The standard InChI is InChI=1S/C18H26N2O/c19-12-13-8-10-15(11-9-13)18(21)20-17-7-3-5-14-4-1-2-6-16(14)17/h1-2,4,6,13,15,17H,3,5,7-12,19H2,(H,20,21). The Morgan fingerprint density at radius 2 is 1.90 bits per heavy atom. The van der Waals surface area contributed by atoms with Gasteiger partial charge in [-0.25, -0.2) is 0 Å². The number of carbonyl (C=O) groups excluding carboxylic acids is 1. The van der Waals surface area contributed by atoms with E-state index in [9.17, 15) is 4.79 Å². The van der Waals surface area contributed by atoms with Crippen molar-refractivity contribution in [1.82, 2.24) is 5.32 Å². The lowest BCUT2D eigenvalue weighted by Gasteiger charge is -2.31. The van der Waals surface area contributed by atoms with E-state index < -0.39 is 0 Å². The Balaban J connectivity index is 1.61. The summed E-state index contributed by atoms with van der Waals surface area (Å²) in [5.74, 6) is 1.08. The summed E-state index contributed by atoms with van der Waals surface area (Å²) >= 11 is 0. The van der Waals surface area contributed by atoms with Crippen LogP contribution in [0.15, 0.2) is 24.3 Å². The lowest BCUT2D eigenvalue weighted by molar-refractivity contribution is -0.127. The monoisotopic (exact) mass is 286 g/mol. The average Bonchev–Trinajstić information content (AvgIpc) is 2.55. The molecule has 3 rings (SSSR count). The van der Waals surface area contributed by atoms with Crippen molar-refractivity contribution in [3.63, 3.8) is 0 Å². The number of hydrogen-bond donors (Lipinski definition) is 2. The molecule has 1 fully saturated rings. The highest BCUT2D eigenvalue weighted by Crippen LogP contribution is 2.32. The van der Waals surface area contributed by atoms with Crippen LogP contribution in [0.25, 0.3) is 0 Å². The minimum absolute atomic E-state index is 0.196. The zero-order chi connectivity index (χ0) is 14.7. The van der Waals surface area contributed by atoms with E-state index in [1.54, 1.807) is 0 Å². The molecule has 114 valence electrons. The number of fused-ring (bicyclic) bond motifs is 1. The van der Waals surface area contributed by atoms with Gasteiger partial charge in [0.2, 0.25) is 5.91 Å². The van der Waals surface area contributed by atoms with Crippen LogP contribution in [-0.4, -0.2) is 12.5 Å². The van der Waals surface area contributed by atoms with Gasteiger partial charge in [-0.05, 0) is 68.5 Å². The minimum Gasteiger partial charge on any atom is -0.349 e. The van der Waals surface area contributed by atoms with Gasteiger partial charge in [0, 0.05) is 5.92 Å². The molecule has 1 amide bonds. The van der Waals surface area contributed by atoms with Crippen LogP contribution in [0.3, 0.4) is 0 Å². The Bertz CT molecular complexity index is 492. The Kier molecular flexibility index (Phi) is 4.59. The summed E-state index contributed by atoms with van der Waals surface area (Å²) in [5, 5.41) is 3.31. The maximum Gasteiger partial charge on any atom is 0.223 e. The van der Waals surface area contributed by atoms with E-state index in [0.717, 1.165) is 45.1 Å². The molecule has 0 aromatic heterocycles. The molecule has 1 aromatic carbocycles. The first-order chi connectivity index (χ1) is 10.3. The van der Waals surface area contributed by atoms with Crippen LogP contribution in [0, 0.1) is 11.8 Å². The second-order valence-electron chi connectivity index (χ2n) is 6.61. The van der Waals surface area contributed by atoms with E-state index in [1.165, 1.54) is 17.5 Å². The van der Waals surface area contributed by atoms with Gasteiger partial charge in [-0.2, -0.15) is 0 Å². The fourth-order valence-electron chi connectivity index (χ4n) is 3.85. The van der Waals surface area contributed by atoms with Gasteiger partial charge < -0.3 is 11.1 Å². The number of nitrogens with two attached hydrogens (primary N) is 1. The zero-order valence-corrected chi connectivity index (χ0v) is 12.7. The smallest absolute Gasteiger partial charge is 0.223 e. The van der Waals surface area contributed by atoms with Crippen LogP contribution < -0.4 is 11.1 Å². The number of amides is 1. The fraction of sp³-hybridized carbons (Fsp3) is 0.611. The molecular weight excluding hydrogens is 260 g/mol. The summed E-state index contributed by atoms with van der Waals surface area (Å²) < 4.78 is 0. The average molecular weight is 286 g/mol. The van der Waals surface area contributed by atoms with Crippen molar-refractivity contribution >= 4 is 5.91 Å². The highest BCUT2D eigenvalue weighted by Gasteiger charge is 2.28. The fourth-order valence-corrected chi connectivity index (χ4v) is 3.85. The predicted molar refractivity (Wildman–Crippen MR) is 84.8 cm³/mol. The molecule has 2 aliphatic rings. The van der Waals surface area contributed by atoms with Gasteiger partial charge in [-0.15, -0.1) is 0 Å². The maximum absolute atomic E-state index is 12.5. The summed E-state index contributed by atoms with van der Waals surface area (Å²) in [5.41, 5.74) is 8.46. The number of rotatable bonds is 3. The van der Waals surface area contributed by atoms with E-state index in [2.05, 4.69) is 29.6 Å². The summed E-state index contributed by atoms with van der Waals surface area (Å²) in [7, 11) is 0. The first-order valence-electron chi connectivity index (χ1n) is 8.36. The van der Waals surface area contributed by atoms with Gasteiger partial charge >= 0.3 is 0 Å². The van der Waals surface area contributed by atoms with Gasteiger partial charge in [0.15, 0.2) is 0 Å². The summed E-state index contributed by atoms with van der Waals surface area (Å²) in [6.07, 6.45) is 7.60. The molecule has 0 radical (unpaired) electrons. The van der Waals surface area contributed by atoms with Gasteiger partial charge in [-0.1, -0.05) is 24.3 Å². The lowest BCUT2D eigenvalue weighted by Crippen LogP contribution is -2.37. The van der Waals surface area contributed by atoms with Gasteiger partial charge in [0.05, 0.1) is 6.04 Å². The highest BCUT2D eigenvalue weighted by molar-refractivity contribution is 5.79. The van der Waals surface area contributed by atoms with E-state index >= 15 is 0 Å². The molecule has 3 nitrogen and oxygen atoms in total. The predicted octanol–water partition coefficient (Wildman–Crippen LogP) is 2.95. The quantitative estimate of drug-likeness (QED) is 0.897. The van der Waals surface area contributed by atoms with Crippen molar-refractivity contribution in [1.29, 1.82) is 0 Å². The summed E-state index contributed by atoms with van der Waals surface area (Å²) in [6.45, 7) is 0.768. The second-order valence-corrected chi connectivity index (χ2v) is 6.61. The maximum atomic E-state index is 12.5. The molecule has 1 atom stereocenters. The lowest BCUT2D eigenvalue weighted by atomic mass is 9.81. The van der Waals surface area contributed by atoms with Crippen LogP contribution in [-0.2, 0) is 11.2 Å². The van der Waals surface area contributed by atoms with Gasteiger partial charge in [0.1, 0.15) is 0 Å². The van der Waals surface area contributed by atoms with Crippen molar-refractivity contribution in [2.45, 2.75) is 51.0 Å². The van der Waals surface area contributed by atoms with Crippen LogP contribution >= 0.6 is 0 Å². The van der Waals surface area contributed by atoms with Crippen LogP contribution in [0.4, 0.5) is 0 Å². The van der Waals surface area contributed by atoms with Crippen molar-refractivity contribution in [2.75, 3.05) is 6.54 Å². The third-order valence-corrected chi connectivity index (χ3v) is 5.24. The molecule has 0 bridgehead atoms. The first kappa shape index (κ1) is 14.6. The largest absolute Gasteiger partial charge is 0.349 e. The Labute approximate surface area is 127 Å². The number of carbonyl (C=O) groups is 1. The van der Waals surface area contributed by atoms with Crippen LogP contribution in [0.5, 0.6) is 0 Å². The Morgan fingerprint density at radius 3 is 2.67 bits per heavy atom. The molecule has 0 heterocycles. The molecule has 0 aliphatic heterocycles. The zero-order valence-electron chi connectivity index (χ0n) is 12.7. The van der Waals surface area contributed by atoms with Gasteiger partial charge in [-0.3, -0.25) is 4.79 Å². The third kappa shape index (κ3) is 3.29. The number of hydrogen-bond acceptors (Lipinski definition) is 2. The minimum atomic E-state index is 0.196. The van der Waals surface area contributed by atoms with Crippen LogP contribution in [0.1, 0.15) is 55.7 Å². The number of aryl methyl sites for hydroxylation is 1. The first-order valence-corrected chi connectivity index (χ1v) is 8.36. The van der Waals surface area contributed by atoms with Crippen molar-refractivity contribution in [3.05, 3.63) is 35.4 Å². The molecule has 0 spiro atoms. The third-order valence-electron chi connectivity index (χ3n) is 5.24. The molecule has 3 heteroatoms. The molecule has 1 saturated carbocycles. The van der Waals surface area contributed by atoms with Crippen molar-refractivity contribution < 1.29 is 4.79 Å². The second kappa shape index (κ2) is 6.61. The summed E-state index contributed by atoms with van der Waals surface area (Å²) in [6, 6.07) is 8.76. The number of nitrogens with one attached hydrogen (secondary N) is 1. The van der Waals surface area contributed by atoms with E-state index in [4.69, 9.17) is 5.73 Å². The molecule has 3 N–H and O–H groups in total. The summed E-state index contributed by atoms with van der Waals surface area (Å²) in [4.78, 5) is 12.5. The molecule has 0 saturated heterocycles.